The number of aryl methyl sites for hydroxylation is 2. The van der Waals surface area contributed by atoms with Crippen molar-refractivity contribution in [3.8, 4) is 0 Å². The summed E-state index contributed by atoms with van der Waals surface area (Å²) in [6, 6.07) is 0. The largest absolute Gasteiger partial charge is 0.377 e. The number of hydrogen-bond donors (Lipinski definition) is 0. The number of rotatable bonds is 3. The van der Waals surface area contributed by atoms with E-state index in [2.05, 4.69) is 33.6 Å². The minimum Gasteiger partial charge on any atom is -0.377 e. The molecule has 0 unspecified atom stereocenters. The monoisotopic (exact) mass is 332 g/mol. The summed E-state index contributed by atoms with van der Waals surface area (Å²) in [6.07, 6.45) is 4.61. The Morgan fingerprint density at radius 3 is 2.78 bits per heavy atom. The molecule has 0 N–H and O–H groups in total. The summed E-state index contributed by atoms with van der Waals surface area (Å²) in [5.41, 5.74) is 1.34. The van der Waals surface area contributed by atoms with E-state index in [1.165, 1.54) is 28.7 Å². The molecule has 0 bridgehead atoms. The molecule has 0 spiro atoms. The van der Waals surface area contributed by atoms with Crippen LogP contribution in [-0.2, 0) is 4.74 Å². The van der Waals surface area contributed by atoms with Gasteiger partial charge in [-0.15, -0.1) is 11.3 Å². The quantitative estimate of drug-likeness (QED) is 0.864. The number of fused-ring (bicyclic) bond motifs is 1. The van der Waals surface area contributed by atoms with E-state index in [1.807, 2.05) is 0 Å². The van der Waals surface area contributed by atoms with Gasteiger partial charge in [-0.1, -0.05) is 0 Å². The predicted molar refractivity (Wildman–Crippen MR) is 94.5 cm³/mol. The Hall–Kier alpha value is -1.24. The van der Waals surface area contributed by atoms with Crippen molar-refractivity contribution < 1.29 is 4.74 Å². The molecule has 2 saturated heterocycles. The zero-order valence-corrected chi connectivity index (χ0v) is 14.7. The second kappa shape index (κ2) is 6.34. The van der Waals surface area contributed by atoms with E-state index in [-0.39, 0.29) is 0 Å². The molecule has 2 aromatic rings. The van der Waals surface area contributed by atoms with Crippen molar-refractivity contribution in [2.45, 2.75) is 32.8 Å². The van der Waals surface area contributed by atoms with Crippen molar-refractivity contribution in [3.05, 3.63) is 16.8 Å². The summed E-state index contributed by atoms with van der Waals surface area (Å²) in [5.74, 6) is 1.12. The van der Waals surface area contributed by atoms with E-state index in [1.54, 1.807) is 17.7 Å². The van der Waals surface area contributed by atoms with E-state index in [0.29, 0.717) is 6.10 Å². The third-order valence-electron chi connectivity index (χ3n) is 5.10. The van der Waals surface area contributed by atoms with E-state index >= 15 is 0 Å². The Balaban J connectivity index is 1.48. The van der Waals surface area contributed by atoms with E-state index < -0.39 is 0 Å². The Bertz CT molecular complexity index is 687. The summed E-state index contributed by atoms with van der Waals surface area (Å²) >= 11 is 1.77. The molecule has 2 aliphatic rings. The maximum absolute atomic E-state index is 5.77. The Labute approximate surface area is 141 Å². The molecule has 1 atom stereocenters. The standard InChI is InChI=1S/C17H24N4OS/c1-12-13(2)23-17-15(12)16(18-11-19-17)21-7-5-20(6-8-21)10-14-4-3-9-22-14/h11,14H,3-10H2,1-2H3/t14-/m0/s1. The molecule has 0 aliphatic carbocycles. The van der Waals surface area contributed by atoms with Crippen LogP contribution in [0.5, 0.6) is 0 Å². The van der Waals surface area contributed by atoms with Gasteiger partial charge in [-0.2, -0.15) is 0 Å². The first-order valence-corrected chi connectivity index (χ1v) is 9.33. The fraction of sp³-hybridized carbons (Fsp3) is 0.647. The number of aromatic nitrogens is 2. The number of piperazine rings is 1. The summed E-state index contributed by atoms with van der Waals surface area (Å²) in [5, 5.41) is 1.25. The van der Waals surface area contributed by atoms with Gasteiger partial charge in [-0.3, -0.25) is 4.90 Å². The van der Waals surface area contributed by atoms with Crippen LogP contribution in [0.3, 0.4) is 0 Å². The van der Waals surface area contributed by atoms with Crippen LogP contribution in [0.25, 0.3) is 10.2 Å². The molecule has 4 heterocycles. The fourth-order valence-corrected chi connectivity index (χ4v) is 4.61. The second-order valence-corrected chi connectivity index (χ2v) is 7.79. The third-order valence-corrected chi connectivity index (χ3v) is 6.22. The number of ether oxygens (including phenoxy) is 1. The van der Waals surface area contributed by atoms with Crippen LogP contribution in [0.1, 0.15) is 23.3 Å². The van der Waals surface area contributed by atoms with Gasteiger partial charge in [-0.25, -0.2) is 9.97 Å². The van der Waals surface area contributed by atoms with Crippen molar-refractivity contribution in [1.29, 1.82) is 0 Å². The van der Waals surface area contributed by atoms with Crippen molar-refractivity contribution >= 4 is 27.4 Å². The van der Waals surface area contributed by atoms with E-state index in [4.69, 9.17) is 4.74 Å². The van der Waals surface area contributed by atoms with Gasteiger partial charge in [-0.05, 0) is 32.3 Å². The highest BCUT2D eigenvalue weighted by Crippen LogP contribution is 2.34. The minimum absolute atomic E-state index is 0.453. The number of hydrogen-bond acceptors (Lipinski definition) is 6. The Morgan fingerprint density at radius 1 is 1.22 bits per heavy atom. The molecule has 23 heavy (non-hydrogen) atoms. The number of thiophene rings is 1. The molecule has 6 heteroatoms. The van der Waals surface area contributed by atoms with Gasteiger partial charge in [0.15, 0.2) is 0 Å². The summed E-state index contributed by atoms with van der Waals surface area (Å²) < 4.78 is 5.77. The van der Waals surface area contributed by atoms with Gasteiger partial charge < -0.3 is 9.64 Å². The lowest BCUT2D eigenvalue weighted by Crippen LogP contribution is -2.48. The molecule has 0 radical (unpaired) electrons. The maximum atomic E-state index is 5.77. The summed E-state index contributed by atoms with van der Waals surface area (Å²) in [4.78, 5) is 16.5. The zero-order chi connectivity index (χ0) is 15.8. The third kappa shape index (κ3) is 2.95. The van der Waals surface area contributed by atoms with E-state index in [9.17, 15) is 0 Å². The van der Waals surface area contributed by atoms with E-state index in [0.717, 1.165) is 50.0 Å². The van der Waals surface area contributed by atoms with Crippen molar-refractivity contribution in [2.75, 3.05) is 44.2 Å². The number of anilines is 1. The Morgan fingerprint density at radius 2 is 2.04 bits per heavy atom. The van der Waals surface area contributed by atoms with Crippen LogP contribution in [0, 0.1) is 13.8 Å². The smallest absolute Gasteiger partial charge is 0.141 e. The number of nitrogens with zero attached hydrogens (tertiary/aromatic N) is 4. The van der Waals surface area contributed by atoms with Gasteiger partial charge in [0.1, 0.15) is 17.0 Å². The second-order valence-electron chi connectivity index (χ2n) is 6.58. The van der Waals surface area contributed by atoms with Crippen LogP contribution in [0.15, 0.2) is 6.33 Å². The molecule has 0 aromatic carbocycles. The minimum atomic E-state index is 0.453. The first-order chi connectivity index (χ1) is 11.2. The van der Waals surface area contributed by atoms with Crippen molar-refractivity contribution in [2.24, 2.45) is 0 Å². The molecular formula is C17H24N4OS. The summed E-state index contributed by atoms with van der Waals surface area (Å²) in [7, 11) is 0. The molecule has 2 aliphatic heterocycles. The van der Waals surface area contributed by atoms with Crippen LogP contribution in [0.4, 0.5) is 5.82 Å². The summed E-state index contributed by atoms with van der Waals surface area (Å²) in [6.45, 7) is 10.6. The molecule has 5 nitrogen and oxygen atoms in total. The SMILES string of the molecule is Cc1sc2ncnc(N3CCN(C[C@@H]4CCCO4)CC3)c2c1C. The average molecular weight is 332 g/mol. The molecule has 2 fully saturated rings. The lowest BCUT2D eigenvalue weighted by molar-refractivity contribution is 0.0712. The van der Waals surface area contributed by atoms with Crippen molar-refractivity contribution in [3.63, 3.8) is 0 Å². The highest BCUT2D eigenvalue weighted by atomic mass is 32.1. The molecule has 124 valence electrons. The van der Waals surface area contributed by atoms with Gasteiger partial charge >= 0.3 is 0 Å². The topological polar surface area (TPSA) is 41.5 Å². The molecule has 2 aromatic heterocycles. The van der Waals surface area contributed by atoms with Gasteiger partial charge in [0.2, 0.25) is 0 Å². The lowest BCUT2D eigenvalue weighted by Gasteiger charge is -2.36. The first-order valence-electron chi connectivity index (χ1n) is 8.52. The van der Waals surface area contributed by atoms with Crippen LogP contribution >= 0.6 is 11.3 Å². The first kappa shape index (κ1) is 15.3. The average Bonchev–Trinajstić information content (AvgIpc) is 3.17. The van der Waals surface area contributed by atoms with Crippen LogP contribution in [-0.4, -0.2) is 60.3 Å². The van der Waals surface area contributed by atoms with Crippen LogP contribution < -0.4 is 4.90 Å². The van der Waals surface area contributed by atoms with Gasteiger partial charge in [0.05, 0.1) is 11.5 Å². The normalized spacial score (nSPS) is 23.0. The molecule has 4 rings (SSSR count). The highest BCUT2D eigenvalue weighted by Gasteiger charge is 2.25. The lowest BCUT2D eigenvalue weighted by atomic mass is 10.2. The Kier molecular flexibility index (Phi) is 4.22. The zero-order valence-electron chi connectivity index (χ0n) is 13.9. The maximum Gasteiger partial charge on any atom is 0.141 e. The van der Waals surface area contributed by atoms with Crippen LogP contribution in [0.2, 0.25) is 0 Å². The molecule has 0 amide bonds. The highest BCUT2D eigenvalue weighted by molar-refractivity contribution is 7.18. The molecule has 0 saturated carbocycles. The molecular weight excluding hydrogens is 308 g/mol. The fourth-order valence-electron chi connectivity index (χ4n) is 3.62. The van der Waals surface area contributed by atoms with Crippen molar-refractivity contribution in [1.82, 2.24) is 14.9 Å². The van der Waals surface area contributed by atoms with Gasteiger partial charge in [0.25, 0.3) is 0 Å². The predicted octanol–water partition coefficient (Wildman–Crippen LogP) is 2.61. The van der Waals surface area contributed by atoms with Gasteiger partial charge in [0, 0.05) is 44.2 Å².